The van der Waals surface area contributed by atoms with Gasteiger partial charge in [0.05, 0.1) is 12.7 Å². The van der Waals surface area contributed by atoms with Crippen LogP contribution >= 0.6 is 0 Å². The summed E-state index contributed by atoms with van der Waals surface area (Å²) in [5.41, 5.74) is -0.353. The van der Waals surface area contributed by atoms with Crippen LogP contribution in [0.5, 0.6) is 0 Å². The molecule has 98 valence electrons. The highest BCUT2D eigenvalue weighted by molar-refractivity contribution is 5.80. The standard InChI is InChI=1S/C11H19NO5/c1-11(2)6-7(4-5-17-11)8(9(13)14)12-10(15)16-3/h7-8H,4-6H2,1-3H3,(H,12,15)(H,13,14). The van der Waals surface area contributed by atoms with Gasteiger partial charge in [0.1, 0.15) is 6.04 Å². The Morgan fingerprint density at radius 3 is 2.65 bits per heavy atom. The second kappa shape index (κ2) is 5.35. The Hall–Kier alpha value is -1.30. The molecule has 1 aliphatic heterocycles. The Balaban J connectivity index is 2.70. The SMILES string of the molecule is COC(=O)NC(C(=O)O)C1CCOC(C)(C)C1. The number of carboxylic acids is 1. The van der Waals surface area contributed by atoms with E-state index in [2.05, 4.69) is 10.1 Å². The van der Waals surface area contributed by atoms with Crippen molar-refractivity contribution < 1.29 is 24.2 Å². The van der Waals surface area contributed by atoms with Gasteiger partial charge in [0.2, 0.25) is 0 Å². The van der Waals surface area contributed by atoms with E-state index in [-0.39, 0.29) is 11.5 Å². The lowest BCUT2D eigenvalue weighted by atomic mass is 9.83. The van der Waals surface area contributed by atoms with Gasteiger partial charge in [-0.2, -0.15) is 0 Å². The maximum atomic E-state index is 11.2. The lowest BCUT2D eigenvalue weighted by Crippen LogP contribution is -2.50. The molecule has 2 N–H and O–H groups in total. The Morgan fingerprint density at radius 2 is 2.18 bits per heavy atom. The van der Waals surface area contributed by atoms with Crippen molar-refractivity contribution >= 4 is 12.1 Å². The van der Waals surface area contributed by atoms with Crippen molar-refractivity contribution in [3.05, 3.63) is 0 Å². The number of nitrogens with one attached hydrogen (secondary N) is 1. The molecule has 0 aromatic carbocycles. The smallest absolute Gasteiger partial charge is 0.407 e. The van der Waals surface area contributed by atoms with Crippen LogP contribution < -0.4 is 5.32 Å². The van der Waals surface area contributed by atoms with Gasteiger partial charge < -0.3 is 19.9 Å². The monoisotopic (exact) mass is 245 g/mol. The summed E-state index contributed by atoms with van der Waals surface area (Å²) in [4.78, 5) is 22.3. The summed E-state index contributed by atoms with van der Waals surface area (Å²) in [6.07, 6.45) is 0.486. The van der Waals surface area contributed by atoms with Crippen LogP contribution in [0.4, 0.5) is 4.79 Å². The minimum atomic E-state index is -1.04. The first-order valence-electron chi connectivity index (χ1n) is 5.57. The highest BCUT2D eigenvalue weighted by Crippen LogP contribution is 2.30. The molecule has 0 aliphatic carbocycles. The van der Waals surface area contributed by atoms with Crippen LogP contribution in [0.1, 0.15) is 26.7 Å². The lowest BCUT2D eigenvalue weighted by molar-refractivity contribution is -0.144. The maximum absolute atomic E-state index is 11.2. The fourth-order valence-corrected chi connectivity index (χ4v) is 2.13. The number of hydrogen-bond donors (Lipinski definition) is 2. The van der Waals surface area contributed by atoms with Crippen LogP contribution in [0.15, 0.2) is 0 Å². The molecule has 0 aromatic rings. The number of aliphatic carboxylic acids is 1. The molecular formula is C11H19NO5. The highest BCUT2D eigenvalue weighted by Gasteiger charge is 2.37. The molecule has 0 saturated carbocycles. The number of amides is 1. The second-order valence-electron chi connectivity index (χ2n) is 4.81. The number of methoxy groups -OCH3 is 1. The average Bonchev–Trinajstić information content (AvgIpc) is 2.23. The van der Waals surface area contributed by atoms with Crippen LogP contribution in [0.25, 0.3) is 0 Å². The number of hydrogen-bond acceptors (Lipinski definition) is 4. The van der Waals surface area contributed by atoms with E-state index in [1.54, 1.807) is 0 Å². The van der Waals surface area contributed by atoms with Gasteiger partial charge in [-0.25, -0.2) is 9.59 Å². The number of carboxylic acid groups (broad SMARTS) is 1. The predicted octanol–water partition coefficient (Wildman–Crippen LogP) is 1.00. The summed E-state index contributed by atoms with van der Waals surface area (Å²) < 4.78 is 9.95. The maximum Gasteiger partial charge on any atom is 0.407 e. The number of ether oxygens (including phenoxy) is 2. The first kappa shape index (κ1) is 13.8. The molecule has 0 aromatic heterocycles. The normalized spacial score (nSPS) is 24.8. The number of carbonyl (C=O) groups excluding carboxylic acids is 1. The third kappa shape index (κ3) is 3.89. The molecule has 0 bridgehead atoms. The zero-order chi connectivity index (χ0) is 13.1. The van der Waals surface area contributed by atoms with E-state index in [0.29, 0.717) is 19.4 Å². The summed E-state index contributed by atoms with van der Waals surface area (Å²) in [7, 11) is 1.21. The molecule has 0 spiro atoms. The predicted molar refractivity (Wildman–Crippen MR) is 59.7 cm³/mol. The molecule has 6 heteroatoms. The number of rotatable bonds is 3. The van der Waals surface area contributed by atoms with Crippen LogP contribution in [-0.2, 0) is 14.3 Å². The van der Waals surface area contributed by atoms with Crippen molar-refractivity contribution in [1.29, 1.82) is 0 Å². The third-order valence-corrected chi connectivity index (χ3v) is 2.93. The molecule has 1 rings (SSSR count). The molecule has 1 aliphatic rings. The van der Waals surface area contributed by atoms with Crippen LogP contribution in [0.2, 0.25) is 0 Å². The van der Waals surface area contributed by atoms with Crippen molar-refractivity contribution in [3.63, 3.8) is 0 Å². The van der Waals surface area contributed by atoms with Gasteiger partial charge >= 0.3 is 12.1 Å². The first-order chi connectivity index (χ1) is 7.85. The molecule has 6 nitrogen and oxygen atoms in total. The van der Waals surface area contributed by atoms with Gasteiger partial charge in [-0.15, -0.1) is 0 Å². The van der Waals surface area contributed by atoms with E-state index in [4.69, 9.17) is 9.84 Å². The third-order valence-electron chi connectivity index (χ3n) is 2.93. The van der Waals surface area contributed by atoms with Crippen molar-refractivity contribution in [2.24, 2.45) is 5.92 Å². The van der Waals surface area contributed by atoms with E-state index in [9.17, 15) is 9.59 Å². The molecule has 1 amide bonds. The summed E-state index contributed by atoms with van der Waals surface area (Å²) in [5.74, 6) is -1.19. The topological polar surface area (TPSA) is 84.9 Å². The lowest BCUT2D eigenvalue weighted by Gasteiger charge is -2.37. The summed E-state index contributed by atoms with van der Waals surface area (Å²) in [6.45, 7) is 4.33. The first-order valence-corrected chi connectivity index (χ1v) is 5.57. The van der Waals surface area contributed by atoms with Crippen LogP contribution in [0.3, 0.4) is 0 Å². The van der Waals surface area contributed by atoms with Gasteiger partial charge in [-0.3, -0.25) is 0 Å². The van der Waals surface area contributed by atoms with Gasteiger partial charge in [0.25, 0.3) is 0 Å². The van der Waals surface area contributed by atoms with E-state index in [1.807, 2.05) is 13.8 Å². The Bertz CT molecular complexity index is 302. The molecule has 2 atom stereocenters. The average molecular weight is 245 g/mol. The fraction of sp³-hybridized carbons (Fsp3) is 0.818. The fourth-order valence-electron chi connectivity index (χ4n) is 2.13. The second-order valence-corrected chi connectivity index (χ2v) is 4.81. The number of carbonyl (C=O) groups is 2. The van der Waals surface area contributed by atoms with Gasteiger partial charge in [-0.05, 0) is 32.6 Å². The quantitative estimate of drug-likeness (QED) is 0.774. The zero-order valence-electron chi connectivity index (χ0n) is 10.4. The summed E-state index contributed by atoms with van der Waals surface area (Å²) >= 11 is 0. The molecule has 1 fully saturated rings. The molecule has 0 radical (unpaired) electrons. The number of alkyl carbamates (subject to hydrolysis) is 1. The molecule has 17 heavy (non-hydrogen) atoms. The Labute approximate surface area is 100 Å². The van der Waals surface area contributed by atoms with E-state index in [0.717, 1.165) is 0 Å². The summed E-state index contributed by atoms with van der Waals surface area (Å²) in [5, 5.41) is 11.5. The van der Waals surface area contributed by atoms with Gasteiger partial charge in [0, 0.05) is 6.61 Å². The molecule has 1 heterocycles. The Kier molecular flexibility index (Phi) is 4.34. The van der Waals surface area contributed by atoms with E-state index in [1.165, 1.54) is 7.11 Å². The van der Waals surface area contributed by atoms with Gasteiger partial charge in [0.15, 0.2) is 0 Å². The minimum Gasteiger partial charge on any atom is -0.480 e. The molecule has 1 saturated heterocycles. The highest BCUT2D eigenvalue weighted by atomic mass is 16.5. The van der Waals surface area contributed by atoms with Crippen LogP contribution in [-0.4, -0.2) is 42.5 Å². The minimum absolute atomic E-state index is 0.143. The van der Waals surface area contributed by atoms with Crippen molar-refractivity contribution in [1.82, 2.24) is 5.32 Å². The zero-order valence-corrected chi connectivity index (χ0v) is 10.4. The van der Waals surface area contributed by atoms with Gasteiger partial charge in [-0.1, -0.05) is 0 Å². The van der Waals surface area contributed by atoms with Crippen molar-refractivity contribution in [2.75, 3.05) is 13.7 Å². The molecule has 2 unspecified atom stereocenters. The van der Waals surface area contributed by atoms with Crippen molar-refractivity contribution in [2.45, 2.75) is 38.3 Å². The van der Waals surface area contributed by atoms with E-state index < -0.39 is 18.1 Å². The molecular weight excluding hydrogens is 226 g/mol. The van der Waals surface area contributed by atoms with Crippen molar-refractivity contribution in [3.8, 4) is 0 Å². The Morgan fingerprint density at radius 1 is 1.53 bits per heavy atom. The van der Waals surface area contributed by atoms with Crippen LogP contribution in [0, 0.1) is 5.92 Å². The summed E-state index contributed by atoms with van der Waals surface area (Å²) in [6, 6.07) is -0.925. The largest absolute Gasteiger partial charge is 0.480 e. The van der Waals surface area contributed by atoms with E-state index >= 15 is 0 Å².